The van der Waals surface area contributed by atoms with E-state index in [9.17, 15) is 19.8 Å². The van der Waals surface area contributed by atoms with Gasteiger partial charge in [0.2, 0.25) is 0 Å². The smallest absolute Gasteiger partial charge is 0.547 e. The number of carboxylic acid groups (broad SMARTS) is 2. The molecule has 8 heteroatoms. The van der Waals surface area contributed by atoms with E-state index in [4.69, 9.17) is 10.2 Å². The Kier molecular flexibility index (Phi) is 10.8. The van der Waals surface area contributed by atoms with Crippen LogP contribution in [0.2, 0.25) is 0 Å². The van der Waals surface area contributed by atoms with Gasteiger partial charge in [0.25, 0.3) is 0 Å². The van der Waals surface area contributed by atoms with Crippen LogP contribution in [0.15, 0.2) is 0 Å². The Morgan fingerprint density at radius 1 is 1.31 bits per heavy atom. The van der Waals surface area contributed by atoms with Crippen molar-refractivity contribution in [2.75, 3.05) is 0 Å². The van der Waals surface area contributed by atoms with Gasteiger partial charge >= 0.3 is 59.1 Å². The van der Waals surface area contributed by atoms with Crippen molar-refractivity contribution in [2.45, 2.75) is 18.6 Å². The van der Waals surface area contributed by atoms with E-state index >= 15 is 0 Å². The molecule has 0 saturated heterocycles. The zero-order valence-corrected chi connectivity index (χ0v) is 11.6. The molecular weight excluding hydrogens is 202 g/mol. The summed E-state index contributed by atoms with van der Waals surface area (Å²) in [4.78, 5) is 19.8. The van der Waals surface area contributed by atoms with Gasteiger partial charge in [-0.1, -0.05) is 0 Å². The first-order valence-electron chi connectivity index (χ1n) is 2.63. The number of aliphatic hydroxyl groups is 2. The number of aliphatic carboxylic acids is 2. The van der Waals surface area contributed by atoms with E-state index < -0.39 is 23.6 Å². The van der Waals surface area contributed by atoms with Gasteiger partial charge in [-0.05, 0) is 6.92 Å². The molecule has 2 unspecified atom stereocenters. The Hall–Kier alpha value is 0.860. The number of carbonyl (C=O) groups is 2. The Bertz CT molecular complexity index is 191. The summed E-state index contributed by atoms with van der Waals surface area (Å²) in [5, 5.41) is 37.0. The summed E-state index contributed by atoms with van der Waals surface area (Å²) in [6, 6.07) is 0. The van der Waals surface area contributed by atoms with Gasteiger partial charge in [0.15, 0.2) is 0 Å². The summed E-state index contributed by atoms with van der Waals surface area (Å²) in [6.07, 6.45) is -2.49. The molecule has 0 fully saturated rings. The summed E-state index contributed by atoms with van der Waals surface area (Å²) in [5.41, 5.74) is -2.82. The van der Waals surface area contributed by atoms with Crippen LogP contribution >= 0.6 is 0 Å². The summed E-state index contributed by atoms with van der Waals surface area (Å²) in [5.74, 6) is -4.14. The van der Waals surface area contributed by atoms with Crippen LogP contribution in [0.4, 0.5) is 0 Å². The van der Waals surface area contributed by atoms with Crippen LogP contribution in [0, 0.1) is 0 Å². The molecule has 2 N–H and O–H groups in total. The maximum absolute atomic E-state index is 9.95. The number of rotatable bonds is 3. The third-order valence-corrected chi connectivity index (χ3v) is 1.17. The SMILES string of the molecule is CC(O)(C(=O)[O-])C(O)C(=O)[O-].[Na+].[Na+]. The second kappa shape index (κ2) is 7.19. The Morgan fingerprint density at radius 3 is 1.69 bits per heavy atom. The first-order chi connectivity index (χ1) is 4.80. The quantitative estimate of drug-likeness (QED) is 0.444. The molecule has 0 bridgehead atoms. The molecular formula is C5H6Na2O6. The first kappa shape index (κ1) is 19.4. The maximum atomic E-state index is 9.95. The van der Waals surface area contributed by atoms with Gasteiger partial charge < -0.3 is 30.0 Å². The van der Waals surface area contributed by atoms with Crippen molar-refractivity contribution < 1.29 is 89.1 Å². The second-order valence-electron chi connectivity index (χ2n) is 2.16. The third kappa shape index (κ3) is 5.34. The molecule has 0 aliphatic carbocycles. The average Bonchev–Trinajstić information content (AvgIpc) is 1.85. The first-order valence-corrected chi connectivity index (χ1v) is 2.63. The maximum Gasteiger partial charge on any atom is 1.00 e. The normalized spacial score (nSPS) is 15.6. The largest absolute Gasteiger partial charge is 1.00 e. The third-order valence-electron chi connectivity index (χ3n) is 1.17. The molecule has 0 spiro atoms. The molecule has 0 aliphatic rings. The number of hydrogen-bond acceptors (Lipinski definition) is 6. The fraction of sp³-hybridized carbons (Fsp3) is 0.600. The van der Waals surface area contributed by atoms with E-state index in [0.717, 1.165) is 0 Å². The van der Waals surface area contributed by atoms with Gasteiger partial charge in [0.1, 0.15) is 11.7 Å². The molecule has 64 valence electrons. The minimum absolute atomic E-state index is 0. The molecule has 0 aromatic heterocycles. The minimum atomic E-state index is -2.82. The van der Waals surface area contributed by atoms with E-state index in [1.54, 1.807) is 0 Å². The van der Waals surface area contributed by atoms with Crippen molar-refractivity contribution >= 4 is 11.9 Å². The summed E-state index contributed by atoms with van der Waals surface area (Å²) < 4.78 is 0. The van der Waals surface area contributed by atoms with Gasteiger partial charge in [0, 0.05) is 0 Å². The second-order valence-corrected chi connectivity index (χ2v) is 2.16. The molecule has 0 rings (SSSR count). The molecule has 0 saturated carbocycles. The summed E-state index contributed by atoms with van der Waals surface area (Å²) in [7, 11) is 0. The van der Waals surface area contributed by atoms with Gasteiger partial charge in [-0.15, -0.1) is 0 Å². The fourth-order valence-electron chi connectivity index (χ4n) is 0.341. The number of carbonyl (C=O) groups excluding carboxylic acids is 2. The van der Waals surface area contributed by atoms with Crippen LogP contribution in [0.25, 0.3) is 0 Å². The Morgan fingerprint density at radius 2 is 1.62 bits per heavy atom. The van der Waals surface area contributed by atoms with Crippen LogP contribution in [-0.4, -0.2) is 33.9 Å². The summed E-state index contributed by atoms with van der Waals surface area (Å²) >= 11 is 0. The van der Waals surface area contributed by atoms with Gasteiger partial charge in [-0.25, -0.2) is 0 Å². The van der Waals surface area contributed by atoms with E-state index in [-0.39, 0.29) is 59.1 Å². The number of carboxylic acids is 2. The fourth-order valence-corrected chi connectivity index (χ4v) is 0.341. The summed E-state index contributed by atoms with van der Waals surface area (Å²) in [6.45, 7) is 0.600. The van der Waals surface area contributed by atoms with Crippen LogP contribution < -0.4 is 69.3 Å². The molecule has 2 atom stereocenters. The van der Waals surface area contributed by atoms with Crippen molar-refractivity contribution in [1.82, 2.24) is 0 Å². The zero-order valence-electron chi connectivity index (χ0n) is 7.60. The molecule has 13 heavy (non-hydrogen) atoms. The van der Waals surface area contributed by atoms with E-state index in [1.165, 1.54) is 0 Å². The van der Waals surface area contributed by atoms with Gasteiger partial charge in [-0.3, -0.25) is 0 Å². The molecule has 0 heterocycles. The minimum Gasteiger partial charge on any atom is -0.547 e. The zero-order chi connectivity index (χ0) is 9.23. The van der Waals surface area contributed by atoms with E-state index in [1.807, 2.05) is 0 Å². The number of hydrogen-bond donors (Lipinski definition) is 2. The predicted octanol–water partition coefficient (Wildman–Crippen LogP) is -10.4. The van der Waals surface area contributed by atoms with Gasteiger partial charge in [0.05, 0.1) is 11.9 Å². The van der Waals surface area contributed by atoms with Crippen LogP contribution in [-0.2, 0) is 9.59 Å². The molecule has 0 aromatic rings. The van der Waals surface area contributed by atoms with Crippen LogP contribution in [0.5, 0.6) is 0 Å². The van der Waals surface area contributed by atoms with Crippen molar-refractivity contribution in [1.29, 1.82) is 0 Å². The van der Waals surface area contributed by atoms with E-state index in [0.29, 0.717) is 6.92 Å². The van der Waals surface area contributed by atoms with Crippen molar-refractivity contribution in [2.24, 2.45) is 0 Å². The Balaban J connectivity index is -0.000000500. The van der Waals surface area contributed by atoms with Crippen molar-refractivity contribution in [3.05, 3.63) is 0 Å². The predicted molar refractivity (Wildman–Crippen MR) is 26.6 cm³/mol. The molecule has 0 radical (unpaired) electrons. The monoisotopic (exact) mass is 208 g/mol. The van der Waals surface area contributed by atoms with E-state index in [2.05, 4.69) is 0 Å². The molecule has 0 aromatic carbocycles. The molecule has 0 aliphatic heterocycles. The van der Waals surface area contributed by atoms with Crippen molar-refractivity contribution in [3.8, 4) is 0 Å². The molecule has 0 amide bonds. The Labute approximate surface area is 119 Å². The molecule has 6 nitrogen and oxygen atoms in total. The number of aliphatic hydroxyl groups excluding tert-OH is 1. The van der Waals surface area contributed by atoms with Crippen molar-refractivity contribution in [3.63, 3.8) is 0 Å². The average molecular weight is 208 g/mol. The van der Waals surface area contributed by atoms with Crippen LogP contribution in [0.1, 0.15) is 6.92 Å². The van der Waals surface area contributed by atoms with Crippen LogP contribution in [0.3, 0.4) is 0 Å². The topological polar surface area (TPSA) is 121 Å². The van der Waals surface area contributed by atoms with Gasteiger partial charge in [-0.2, -0.15) is 0 Å². The standard InChI is InChI=1S/C5H8O6.2Na/c1-5(11,4(9)10)2(6)3(7)8;;/h2,6,11H,1H3,(H,7,8)(H,9,10);;/q;2*+1/p-2.